The van der Waals surface area contributed by atoms with Gasteiger partial charge in [0.05, 0.1) is 6.54 Å². The highest BCUT2D eigenvalue weighted by Gasteiger charge is 2.30. The van der Waals surface area contributed by atoms with Crippen molar-refractivity contribution in [2.45, 2.75) is 32.4 Å². The Morgan fingerprint density at radius 1 is 1.17 bits per heavy atom. The SMILES string of the molecule is Cc1ccc(NC(=O)CN(Cc2ccc(F)cc2F)C2CC2)cc1. The van der Waals surface area contributed by atoms with E-state index in [-0.39, 0.29) is 12.5 Å². The van der Waals surface area contributed by atoms with E-state index in [1.165, 1.54) is 12.1 Å². The van der Waals surface area contributed by atoms with Crippen molar-refractivity contribution in [3.05, 3.63) is 65.2 Å². The lowest BCUT2D eigenvalue weighted by atomic mass is 10.2. The van der Waals surface area contributed by atoms with Crippen LogP contribution in [0.1, 0.15) is 24.0 Å². The predicted octanol–water partition coefficient (Wildman–Crippen LogP) is 3.88. The summed E-state index contributed by atoms with van der Waals surface area (Å²) in [6.07, 6.45) is 2.00. The highest BCUT2D eigenvalue weighted by atomic mass is 19.1. The number of hydrogen-bond acceptors (Lipinski definition) is 2. The third-order valence-corrected chi connectivity index (χ3v) is 4.13. The summed E-state index contributed by atoms with van der Waals surface area (Å²) < 4.78 is 26.9. The van der Waals surface area contributed by atoms with Crippen LogP contribution in [0.3, 0.4) is 0 Å². The van der Waals surface area contributed by atoms with Crippen molar-refractivity contribution in [2.75, 3.05) is 11.9 Å². The van der Waals surface area contributed by atoms with E-state index in [0.717, 1.165) is 30.2 Å². The molecule has 5 heteroatoms. The summed E-state index contributed by atoms with van der Waals surface area (Å²) in [5, 5.41) is 2.86. The molecule has 0 spiro atoms. The topological polar surface area (TPSA) is 32.3 Å². The molecule has 3 rings (SSSR count). The normalized spacial score (nSPS) is 14.0. The first-order valence-electron chi connectivity index (χ1n) is 8.06. The molecule has 1 N–H and O–H groups in total. The number of amides is 1. The molecule has 2 aromatic rings. The smallest absolute Gasteiger partial charge is 0.238 e. The van der Waals surface area contributed by atoms with Crippen molar-refractivity contribution in [3.63, 3.8) is 0 Å². The van der Waals surface area contributed by atoms with Crippen molar-refractivity contribution in [3.8, 4) is 0 Å². The minimum absolute atomic E-state index is 0.131. The summed E-state index contributed by atoms with van der Waals surface area (Å²) in [6.45, 7) is 2.48. The van der Waals surface area contributed by atoms with E-state index >= 15 is 0 Å². The molecule has 2 aromatic carbocycles. The second-order valence-corrected chi connectivity index (χ2v) is 6.29. The van der Waals surface area contributed by atoms with E-state index in [1.54, 1.807) is 0 Å². The van der Waals surface area contributed by atoms with Crippen molar-refractivity contribution in [2.24, 2.45) is 0 Å². The Balaban J connectivity index is 1.63. The molecule has 0 bridgehead atoms. The summed E-state index contributed by atoms with van der Waals surface area (Å²) in [5.74, 6) is -1.29. The summed E-state index contributed by atoms with van der Waals surface area (Å²) in [6, 6.07) is 11.4. The van der Waals surface area contributed by atoms with E-state index in [2.05, 4.69) is 5.32 Å². The summed E-state index contributed by atoms with van der Waals surface area (Å²) in [4.78, 5) is 14.2. The van der Waals surface area contributed by atoms with Crippen LogP contribution in [0.25, 0.3) is 0 Å². The van der Waals surface area contributed by atoms with Crippen LogP contribution < -0.4 is 5.32 Å². The van der Waals surface area contributed by atoms with E-state index in [1.807, 2.05) is 36.1 Å². The Labute approximate surface area is 140 Å². The number of nitrogens with one attached hydrogen (secondary N) is 1. The molecule has 1 amide bonds. The number of rotatable bonds is 6. The van der Waals surface area contributed by atoms with Crippen LogP contribution in [0.4, 0.5) is 14.5 Å². The maximum absolute atomic E-state index is 13.8. The van der Waals surface area contributed by atoms with Crippen molar-refractivity contribution >= 4 is 11.6 Å². The summed E-state index contributed by atoms with van der Waals surface area (Å²) in [7, 11) is 0. The van der Waals surface area contributed by atoms with Gasteiger partial charge in [-0.2, -0.15) is 0 Å². The second kappa shape index (κ2) is 7.09. The minimum atomic E-state index is -0.591. The molecule has 3 nitrogen and oxygen atoms in total. The molecule has 24 heavy (non-hydrogen) atoms. The molecule has 126 valence electrons. The Bertz CT molecular complexity index is 727. The summed E-state index contributed by atoms with van der Waals surface area (Å²) >= 11 is 0. The lowest BCUT2D eigenvalue weighted by Gasteiger charge is -2.21. The number of anilines is 1. The van der Waals surface area contributed by atoms with Gasteiger partial charge in [0.2, 0.25) is 5.91 Å². The number of carbonyl (C=O) groups excluding carboxylic acids is 1. The van der Waals surface area contributed by atoms with Gasteiger partial charge in [0.1, 0.15) is 11.6 Å². The molecule has 0 aromatic heterocycles. The molecule has 0 unspecified atom stereocenters. The van der Waals surface area contributed by atoms with Gasteiger partial charge in [-0.3, -0.25) is 9.69 Å². The lowest BCUT2D eigenvalue weighted by molar-refractivity contribution is -0.117. The maximum atomic E-state index is 13.8. The van der Waals surface area contributed by atoms with Crippen LogP contribution >= 0.6 is 0 Å². The van der Waals surface area contributed by atoms with E-state index in [0.29, 0.717) is 18.2 Å². The van der Waals surface area contributed by atoms with E-state index < -0.39 is 11.6 Å². The third-order valence-electron chi connectivity index (χ3n) is 4.13. The van der Waals surface area contributed by atoms with Gasteiger partial charge in [-0.1, -0.05) is 23.8 Å². The molecule has 0 heterocycles. The highest BCUT2D eigenvalue weighted by Crippen LogP contribution is 2.28. The van der Waals surface area contributed by atoms with Crippen LogP contribution in [0, 0.1) is 18.6 Å². The fourth-order valence-electron chi connectivity index (χ4n) is 2.64. The number of benzene rings is 2. The van der Waals surface area contributed by atoms with Gasteiger partial charge in [0.15, 0.2) is 0 Å². The average molecular weight is 330 g/mol. The van der Waals surface area contributed by atoms with Crippen LogP contribution in [0.5, 0.6) is 0 Å². The first-order chi connectivity index (χ1) is 11.5. The zero-order valence-corrected chi connectivity index (χ0v) is 13.6. The zero-order valence-electron chi connectivity index (χ0n) is 13.6. The number of carbonyl (C=O) groups is 1. The quantitative estimate of drug-likeness (QED) is 0.872. The number of nitrogens with zero attached hydrogens (tertiary/aromatic N) is 1. The van der Waals surface area contributed by atoms with Gasteiger partial charge in [0, 0.05) is 29.9 Å². The number of hydrogen-bond donors (Lipinski definition) is 1. The molecule has 1 fully saturated rings. The van der Waals surface area contributed by atoms with Crippen LogP contribution in [-0.4, -0.2) is 23.4 Å². The van der Waals surface area contributed by atoms with Crippen LogP contribution in [0.2, 0.25) is 0 Å². The van der Waals surface area contributed by atoms with Crippen LogP contribution in [-0.2, 0) is 11.3 Å². The largest absolute Gasteiger partial charge is 0.325 e. The molecular formula is C19H20F2N2O. The van der Waals surface area contributed by atoms with Gasteiger partial charge in [0.25, 0.3) is 0 Å². The molecule has 0 aliphatic heterocycles. The number of aryl methyl sites for hydroxylation is 1. The van der Waals surface area contributed by atoms with Crippen molar-refractivity contribution in [1.82, 2.24) is 4.90 Å². The molecule has 0 saturated heterocycles. The highest BCUT2D eigenvalue weighted by molar-refractivity contribution is 5.92. The fraction of sp³-hybridized carbons (Fsp3) is 0.316. The average Bonchev–Trinajstić information content (AvgIpc) is 3.36. The predicted molar refractivity (Wildman–Crippen MR) is 89.6 cm³/mol. The van der Waals surface area contributed by atoms with E-state index in [4.69, 9.17) is 0 Å². The van der Waals surface area contributed by atoms with Gasteiger partial charge in [-0.25, -0.2) is 8.78 Å². The molecule has 1 aliphatic carbocycles. The zero-order chi connectivity index (χ0) is 17.1. The summed E-state index contributed by atoms with van der Waals surface area (Å²) in [5.41, 5.74) is 2.28. The Morgan fingerprint density at radius 3 is 2.50 bits per heavy atom. The fourth-order valence-corrected chi connectivity index (χ4v) is 2.64. The first-order valence-corrected chi connectivity index (χ1v) is 8.06. The lowest BCUT2D eigenvalue weighted by Crippen LogP contribution is -2.34. The minimum Gasteiger partial charge on any atom is -0.325 e. The standard InChI is InChI=1S/C19H20F2N2O/c1-13-2-6-16(7-3-13)22-19(24)12-23(17-8-9-17)11-14-4-5-15(20)10-18(14)21/h2-7,10,17H,8-9,11-12H2,1H3,(H,22,24). The molecule has 0 radical (unpaired) electrons. The van der Waals surface area contributed by atoms with Gasteiger partial charge in [-0.15, -0.1) is 0 Å². The van der Waals surface area contributed by atoms with Crippen molar-refractivity contribution < 1.29 is 13.6 Å². The molecule has 1 saturated carbocycles. The van der Waals surface area contributed by atoms with E-state index in [9.17, 15) is 13.6 Å². The molecular weight excluding hydrogens is 310 g/mol. The Hall–Kier alpha value is -2.27. The monoisotopic (exact) mass is 330 g/mol. The third kappa shape index (κ3) is 4.38. The molecule has 0 atom stereocenters. The van der Waals surface area contributed by atoms with Gasteiger partial charge < -0.3 is 5.32 Å². The van der Waals surface area contributed by atoms with Crippen LogP contribution in [0.15, 0.2) is 42.5 Å². The first kappa shape index (κ1) is 16.6. The van der Waals surface area contributed by atoms with Gasteiger partial charge >= 0.3 is 0 Å². The Morgan fingerprint density at radius 2 is 1.88 bits per heavy atom. The van der Waals surface area contributed by atoms with Gasteiger partial charge in [-0.05, 0) is 38.0 Å². The van der Waals surface area contributed by atoms with Crippen molar-refractivity contribution in [1.29, 1.82) is 0 Å². The molecule has 1 aliphatic rings. The second-order valence-electron chi connectivity index (χ2n) is 6.29. The maximum Gasteiger partial charge on any atom is 0.238 e. The number of halogens is 2. The Kier molecular flexibility index (Phi) is 4.90.